The van der Waals surface area contributed by atoms with Crippen molar-refractivity contribution in [1.29, 1.82) is 0 Å². The molecule has 1 aliphatic rings. The Morgan fingerprint density at radius 2 is 1.81 bits per heavy atom. The van der Waals surface area contributed by atoms with Gasteiger partial charge in [0.25, 0.3) is 5.91 Å². The highest BCUT2D eigenvalue weighted by Gasteiger charge is 2.36. The van der Waals surface area contributed by atoms with Crippen molar-refractivity contribution < 1.29 is 22.8 Å². The third kappa shape index (κ3) is 3.86. The molecule has 2 amide bonds. The van der Waals surface area contributed by atoms with Crippen LogP contribution in [0.2, 0.25) is 0 Å². The second kappa shape index (κ2) is 6.90. The molecule has 1 atom stereocenters. The van der Waals surface area contributed by atoms with Gasteiger partial charge in [-0.05, 0) is 30.7 Å². The Morgan fingerprint density at radius 3 is 2.41 bits per heavy atom. The number of nitrogens with one attached hydrogen (secondary N) is 2. The lowest BCUT2D eigenvalue weighted by atomic mass is 9.99. The lowest BCUT2D eigenvalue weighted by molar-refractivity contribution is -0.137. The van der Waals surface area contributed by atoms with Gasteiger partial charge in [-0.3, -0.25) is 14.4 Å². The van der Waals surface area contributed by atoms with Crippen molar-refractivity contribution in [2.75, 3.05) is 13.1 Å². The van der Waals surface area contributed by atoms with Gasteiger partial charge < -0.3 is 15.2 Å². The first-order valence-electron chi connectivity index (χ1n) is 8.13. The Labute approximate surface area is 152 Å². The summed E-state index contributed by atoms with van der Waals surface area (Å²) in [6, 6.07) is 5.65. The van der Waals surface area contributed by atoms with E-state index < -0.39 is 35.2 Å². The van der Waals surface area contributed by atoms with E-state index in [1.165, 1.54) is 23.1 Å². The number of halogens is 3. The van der Waals surface area contributed by atoms with E-state index in [0.717, 1.165) is 18.2 Å². The van der Waals surface area contributed by atoms with Crippen LogP contribution in [0.4, 0.5) is 13.2 Å². The van der Waals surface area contributed by atoms with Gasteiger partial charge in [-0.25, -0.2) is 0 Å². The Balaban J connectivity index is 1.97. The van der Waals surface area contributed by atoms with Crippen molar-refractivity contribution in [2.24, 2.45) is 0 Å². The highest BCUT2D eigenvalue weighted by molar-refractivity contribution is 5.98. The first-order chi connectivity index (χ1) is 12.7. The van der Waals surface area contributed by atoms with Crippen LogP contribution in [0.15, 0.2) is 41.2 Å². The molecular formula is C18H16F3N3O3. The third-order valence-corrected chi connectivity index (χ3v) is 4.25. The largest absolute Gasteiger partial charge is 0.416 e. The summed E-state index contributed by atoms with van der Waals surface area (Å²) in [6.07, 6.45) is -4.49. The summed E-state index contributed by atoms with van der Waals surface area (Å²) in [6.45, 7) is 2.00. The molecular weight excluding hydrogens is 363 g/mol. The molecule has 2 heterocycles. The van der Waals surface area contributed by atoms with Crippen molar-refractivity contribution in [1.82, 2.24) is 15.2 Å². The van der Waals surface area contributed by atoms with Gasteiger partial charge in [-0.15, -0.1) is 0 Å². The van der Waals surface area contributed by atoms with Crippen molar-refractivity contribution >= 4 is 11.8 Å². The molecule has 3 rings (SSSR count). The van der Waals surface area contributed by atoms with Gasteiger partial charge in [0.2, 0.25) is 11.5 Å². The van der Waals surface area contributed by atoms with Gasteiger partial charge in [0.1, 0.15) is 6.04 Å². The van der Waals surface area contributed by atoms with Crippen LogP contribution < -0.4 is 10.9 Å². The topological polar surface area (TPSA) is 82.3 Å². The van der Waals surface area contributed by atoms with E-state index in [2.05, 4.69) is 10.3 Å². The number of pyridine rings is 1. The minimum atomic E-state index is -4.49. The summed E-state index contributed by atoms with van der Waals surface area (Å²) in [5.41, 5.74) is -0.437. The predicted octanol–water partition coefficient (Wildman–Crippen LogP) is 2.02. The van der Waals surface area contributed by atoms with Crippen molar-refractivity contribution in [3.63, 3.8) is 0 Å². The number of rotatable bonds is 2. The van der Waals surface area contributed by atoms with Crippen LogP contribution in [0.5, 0.6) is 0 Å². The minimum Gasteiger partial charge on any atom is -0.352 e. The zero-order valence-corrected chi connectivity index (χ0v) is 14.3. The van der Waals surface area contributed by atoms with Crippen LogP contribution in [-0.4, -0.2) is 34.8 Å². The minimum absolute atomic E-state index is 0.114. The Hall–Kier alpha value is -3.10. The summed E-state index contributed by atoms with van der Waals surface area (Å²) in [7, 11) is 0. The number of piperazine rings is 1. The Morgan fingerprint density at radius 1 is 1.15 bits per heavy atom. The SMILES string of the molecule is Cc1cc(C(=O)N2CCNC(=O)[C@H]2c2ccc(C(F)(F)F)cc2)cc(=O)[nH]1. The maximum atomic E-state index is 12.9. The molecule has 1 aromatic carbocycles. The van der Waals surface area contributed by atoms with Gasteiger partial charge in [-0.1, -0.05) is 12.1 Å². The second-order valence-electron chi connectivity index (χ2n) is 6.23. The maximum Gasteiger partial charge on any atom is 0.416 e. The standard InChI is InChI=1S/C18H16F3N3O3/c1-10-8-12(9-14(25)23-10)17(27)24-7-6-22-16(26)15(24)11-2-4-13(5-3-11)18(19,20)21/h2-5,8-9,15H,6-7H2,1H3,(H,22,26)(H,23,25)/t15-/m1/s1. The molecule has 0 radical (unpaired) electrons. The van der Waals surface area contributed by atoms with E-state index in [0.29, 0.717) is 5.69 Å². The molecule has 0 spiro atoms. The number of hydrogen-bond donors (Lipinski definition) is 2. The lowest BCUT2D eigenvalue weighted by Crippen LogP contribution is -2.52. The molecule has 0 bridgehead atoms. The zero-order chi connectivity index (χ0) is 19.8. The van der Waals surface area contributed by atoms with Crippen LogP contribution in [0, 0.1) is 6.92 Å². The second-order valence-corrected chi connectivity index (χ2v) is 6.23. The Bertz CT molecular complexity index is 935. The maximum absolute atomic E-state index is 12.9. The number of H-pyrrole nitrogens is 1. The average Bonchev–Trinajstić information content (AvgIpc) is 2.59. The summed E-state index contributed by atoms with van der Waals surface area (Å²) in [5, 5.41) is 2.61. The highest BCUT2D eigenvalue weighted by atomic mass is 19.4. The molecule has 2 N–H and O–H groups in total. The molecule has 6 nitrogen and oxygen atoms in total. The molecule has 1 fully saturated rings. The first-order valence-corrected chi connectivity index (χ1v) is 8.13. The predicted molar refractivity (Wildman–Crippen MR) is 90.0 cm³/mol. The van der Waals surface area contributed by atoms with Crippen molar-refractivity contribution in [2.45, 2.75) is 19.1 Å². The molecule has 1 aromatic heterocycles. The van der Waals surface area contributed by atoms with Gasteiger partial charge in [-0.2, -0.15) is 13.2 Å². The highest BCUT2D eigenvalue weighted by Crippen LogP contribution is 2.31. The van der Waals surface area contributed by atoms with Gasteiger partial charge in [0.15, 0.2) is 0 Å². The quantitative estimate of drug-likeness (QED) is 0.838. The molecule has 0 unspecified atom stereocenters. The number of benzene rings is 1. The summed E-state index contributed by atoms with van der Waals surface area (Å²) < 4.78 is 38.3. The van der Waals surface area contributed by atoms with E-state index in [1.54, 1.807) is 6.92 Å². The number of aromatic amines is 1. The number of nitrogens with zero attached hydrogens (tertiary/aromatic N) is 1. The van der Waals surface area contributed by atoms with Crippen LogP contribution in [0.1, 0.15) is 33.2 Å². The number of carbonyl (C=O) groups is 2. The van der Waals surface area contributed by atoms with Crippen LogP contribution in [0.25, 0.3) is 0 Å². The summed E-state index contributed by atoms with van der Waals surface area (Å²) in [4.78, 5) is 40.7. The number of amides is 2. The number of alkyl halides is 3. The number of aryl methyl sites for hydroxylation is 1. The number of aromatic nitrogens is 1. The third-order valence-electron chi connectivity index (χ3n) is 4.25. The van der Waals surface area contributed by atoms with Crippen LogP contribution >= 0.6 is 0 Å². The smallest absolute Gasteiger partial charge is 0.352 e. The lowest BCUT2D eigenvalue weighted by Gasteiger charge is -2.35. The molecule has 27 heavy (non-hydrogen) atoms. The van der Waals surface area contributed by atoms with E-state index >= 15 is 0 Å². The molecule has 142 valence electrons. The summed E-state index contributed by atoms with van der Waals surface area (Å²) >= 11 is 0. The van der Waals surface area contributed by atoms with E-state index in [9.17, 15) is 27.6 Å². The van der Waals surface area contributed by atoms with Crippen molar-refractivity contribution in [3.05, 3.63) is 69.1 Å². The fourth-order valence-electron chi connectivity index (χ4n) is 3.04. The fourth-order valence-corrected chi connectivity index (χ4v) is 3.04. The molecule has 1 saturated heterocycles. The molecule has 9 heteroatoms. The monoisotopic (exact) mass is 379 g/mol. The zero-order valence-electron chi connectivity index (χ0n) is 14.3. The van der Waals surface area contributed by atoms with Crippen LogP contribution in [-0.2, 0) is 11.0 Å². The normalized spacial score (nSPS) is 17.6. The average molecular weight is 379 g/mol. The fraction of sp³-hybridized carbons (Fsp3) is 0.278. The summed E-state index contributed by atoms with van der Waals surface area (Å²) in [5.74, 6) is -1.03. The molecule has 2 aromatic rings. The number of hydrogen-bond acceptors (Lipinski definition) is 3. The molecule has 1 aliphatic heterocycles. The molecule has 0 saturated carbocycles. The van der Waals surface area contributed by atoms with Gasteiger partial charge in [0.05, 0.1) is 5.56 Å². The Kier molecular flexibility index (Phi) is 4.77. The first kappa shape index (κ1) is 18.7. The van der Waals surface area contributed by atoms with E-state index in [1.807, 2.05) is 0 Å². The number of carbonyl (C=O) groups excluding carboxylic acids is 2. The van der Waals surface area contributed by atoms with Gasteiger partial charge >= 0.3 is 6.18 Å². The van der Waals surface area contributed by atoms with Gasteiger partial charge in [0, 0.05) is 30.4 Å². The molecule has 0 aliphatic carbocycles. The van der Waals surface area contributed by atoms with Crippen LogP contribution in [0.3, 0.4) is 0 Å². The van der Waals surface area contributed by atoms with Crippen molar-refractivity contribution in [3.8, 4) is 0 Å². The van der Waals surface area contributed by atoms with E-state index in [-0.39, 0.29) is 24.2 Å². The van der Waals surface area contributed by atoms with E-state index in [4.69, 9.17) is 0 Å².